The molecule has 1 heterocycles. The van der Waals surface area contributed by atoms with Crippen LogP contribution < -0.4 is 0 Å². The zero-order valence-electron chi connectivity index (χ0n) is 7.01. The lowest BCUT2D eigenvalue weighted by Crippen LogP contribution is -2.31. The van der Waals surface area contributed by atoms with Crippen LogP contribution in [0, 0.1) is 0 Å². The van der Waals surface area contributed by atoms with Gasteiger partial charge in [0, 0.05) is 12.6 Å². The first-order valence-corrected chi connectivity index (χ1v) is 4.23. The van der Waals surface area contributed by atoms with E-state index < -0.39 is 0 Å². The molecule has 0 saturated carbocycles. The molecule has 1 aliphatic heterocycles. The molecule has 0 aromatic heterocycles. The molecule has 0 aliphatic carbocycles. The summed E-state index contributed by atoms with van der Waals surface area (Å²) in [7, 11) is 0. The lowest BCUT2D eigenvalue weighted by atomic mass is 10.2. The van der Waals surface area contributed by atoms with E-state index in [9.17, 15) is 0 Å². The van der Waals surface area contributed by atoms with E-state index in [0.717, 1.165) is 12.6 Å². The summed E-state index contributed by atoms with van der Waals surface area (Å²) in [6.45, 7) is 6.88. The Bertz CT molecular complexity index is 118. The van der Waals surface area contributed by atoms with E-state index in [1.54, 1.807) is 0 Å². The minimum Gasteiger partial charge on any atom is -0.297 e. The fourth-order valence-electron chi connectivity index (χ4n) is 1.47. The highest BCUT2D eigenvalue weighted by molar-refractivity contribution is 4.90. The molecule has 0 bridgehead atoms. The van der Waals surface area contributed by atoms with Crippen molar-refractivity contribution in [3.8, 4) is 0 Å². The Labute approximate surface area is 63.7 Å². The molecular weight excluding hydrogens is 122 g/mol. The molecule has 1 aliphatic rings. The maximum absolute atomic E-state index is 2.50. The van der Waals surface area contributed by atoms with Crippen molar-refractivity contribution in [3.63, 3.8) is 0 Å². The Morgan fingerprint density at radius 1 is 1.50 bits per heavy atom. The molecule has 1 unspecified atom stereocenters. The van der Waals surface area contributed by atoms with Crippen LogP contribution in [0.15, 0.2) is 12.2 Å². The highest BCUT2D eigenvalue weighted by Crippen LogP contribution is 2.10. The molecule has 1 heteroatoms. The van der Waals surface area contributed by atoms with Gasteiger partial charge in [0.1, 0.15) is 0 Å². The normalized spacial score (nSPS) is 28.4. The third-order valence-electron chi connectivity index (χ3n) is 2.29. The number of likely N-dealkylation sites (N-methyl/N-ethyl adjacent to an activating group) is 1. The molecule has 0 fully saturated rings. The minimum atomic E-state index is 0.778. The molecule has 0 aromatic carbocycles. The smallest absolute Gasteiger partial charge is 0.0165 e. The van der Waals surface area contributed by atoms with Crippen molar-refractivity contribution < 1.29 is 0 Å². The summed E-state index contributed by atoms with van der Waals surface area (Å²) in [5, 5.41) is 0. The quantitative estimate of drug-likeness (QED) is 0.502. The van der Waals surface area contributed by atoms with Crippen LogP contribution in [-0.2, 0) is 0 Å². The maximum Gasteiger partial charge on any atom is 0.0165 e. The summed E-state index contributed by atoms with van der Waals surface area (Å²) in [6, 6.07) is 0.778. The summed E-state index contributed by atoms with van der Waals surface area (Å²) in [5.74, 6) is 0. The highest BCUT2D eigenvalue weighted by Gasteiger charge is 2.10. The molecule has 0 amide bonds. The molecule has 58 valence electrons. The van der Waals surface area contributed by atoms with E-state index in [-0.39, 0.29) is 0 Å². The van der Waals surface area contributed by atoms with Crippen LogP contribution in [0.4, 0.5) is 0 Å². The summed E-state index contributed by atoms with van der Waals surface area (Å²) in [4.78, 5) is 2.50. The van der Waals surface area contributed by atoms with E-state index in [1.807, 2.05) is 0 Å². The third kappa shape index (κ3) is 1.84. The number of hydrogen-bond donors (Lipinski definition) is 0. The van der Waals surface area contributed by atoms with Crippen molar-refractivity contribution in [2.45, 2.75) is 32.7 Å². The van der Waals surface area contributed by atoms with E-state index in [4.69, 9.17) is 0 Å². The molecule has 0 aromatic rings. The standard InChI is InChI=1S/C9H17N/c1-3-10-8-6-4-5-7-9(10)2/h4,6,9H,3,5,7-8H2,1-2H3. The van der Waals surface area contributed by atoms with Crippen molar-refractivity contribution in [2.75, 3.05) is 13.1 Å². The van der Waals surface area contributed by atoms with Gasteiger partial charge in [-0.3, -0.25) is 4.90 Å². The van der Waals surface area contributed by atoms with Gasteiger partial charge in [0.25, 0.3) is 0 Å². The van der Waals surface area contributed by atoms with Gasteiger partial charge in [-0.1, -0.05) is 19.1 Å². The van der Waals surface area contributed by atoms with Crippen LogP contribution in [0.2, 0.25) is 0 Å². The van der Waals surface area contributed by atoms with Crippen molar-refractivity contribution in [1.82, 2.24) is 4.90 Å². The van der Waals surface area contributed by atoms with E-state index >= 15 is 0 Å². The van der Waals surface area contributed by atoms with Crippen molar-refractivity contribution in [1.29, 1.82) is 0 Å². The zero-order chi connectivity index (χ0) is 7.40. The van der Waals surface area contributed by atoms with Crippen LogP contribution in [0.1, 0.15) is 26.7 Å². The van der Waals surface area contributed by atoms with Gasteiger partial charge in [-0.2, -0.15) is 0 Å². The first-order valence-electron chi connectivity index (χ1n) is 4.23. The average Bonchev–Trinajstić information content (AvgIpc) is 2.13. The Balaban J connectivity index is 2.44. The van der Waals surface area contributed by atoms with Crippen molar-refractivity contribution in [3.05, 3.63) is 12.2 Å². The Morgan fingerprint density at radius 2 is 2.30 bits per heavy atom. The van der Waals surface area contributed by atoms with Gasteiger partial charge in [-0.15, -0.1) is 0 Å². The highest BCUT2D eigenvalue weighted by atomic mass is 15.1. The number of allylic oxidation sites excluding steroid dienone is 1. The fraction of sp³-hybridized carbons (Fsp3) is 0.778. The molecule has 0 spiro atoms. The second-order valence-corrected chi connectivity index (χ2v) is 2.99. The van der Waals surface area contributed by atoms with E-state index in [1.165, 1.54) is 19.4 Å². The van der Waals surface area contributed by atoms with Gasteiger partial charge in [0.2, 0.25) is 0 Å². The Kier molecular flexibility index (Phi) is 2.94. The summed E-state index contributed by atoms with van der Waals surface area (Å²) in [5.41, 5.74) is 0. The van der Waals surface area contributed by atoms with Crippen molar-refractivity contribution >= 4 is 0 Å². The van der Waals surface area contributed by atoms with Crippen LogP contribution >= 0.6 is 0 Å². The minimum absolute atomic E-state index is 0.778. The van der Waals surface area contributed by atoms with E-state index in [2.05, 4.69) is 30.9 Å². The zero-order valence-corrected chi connectivity index (χ0v) is 7.01. The molecule has 0 radical (unpaired) electrons. The molecular formula is C9H17N. The molecule has 10 heavy (non-hydrogen) atoms. The number of hydrogen-bond acceptors (Lipinski definition) is 1. The van der Waals surface area contributed by atoms with Gasteiger partial charge in [0.05, 0.1) is 0 Å². The molecule has 1 nitrogen and oxygen atoms in total. The van der Waals surface area contributed by atoms with Gasteiger partial charge in [-0.25, -0.2) is 0 Å². The molecule has 1 atom stereocenters. The number of nitrogens with zero attached hydrogens (tertiary/aromatic N) is 1. The van der Waals surface area contributed by atoms with Gasteiger partial charge < -0.3 is 0 Å². The fourth-order valence-corrected chi connectivity index (χ4v) is 1.47. The van der Waals surface area contributed by atoms with Crippen LogP contribution in [-0.4, -0.2) is 24.0 Å². The number of rotatable bonds is 1. The second kappa shape index (κ2) is 3.77. The van der Waals surface area contributed by atoms with Crippen LogP contribution in [0.3, 0.4) is 0 Å². The summed E-state index contributed by atoms with van der Waals surface area (Å²) >= 11 is 0. The first kappa shape index (κ1) is 7.80. The summed E-state index contributed by atoms with van der Waals surface area (Å²) in [6.07, 6.45) is 7.17. The largest absolute Gasteiger partial charge is 0.297 e. The third-order valence-corrected chi connectivity index (χ3v) is 2.29. The maximum atomic E-state index is 2.50. The summed E-state index contributed by atoms with van der Waals surface area (Å²) < 4.78 is 0. The molecule has 0 N–H and O–H groups in total. The Morgan fingerprint density at radius 3 is 3.00 bits per heavy atom. The lowest BCUT2D eigenvalue weighted by Gasteiger charge is -2.24. The molecule has 0 saturated heterocycles. The topological polar surface area (TPSA) is 3.24 Å². The predicted octanol–water partition coefficient (Wildman–Crippen LogP) is 2.05. The van der Waals surface area contributed by atoms with Gasteiger partial charge in [0.15, 0.2) is 0 Å². The second-order valence-electron chi connectivity index (χ2n) is 2.99. The molecule has 1 rings (SSSR count). The SMILES string of the molecule is CCN1CC=CCCC1C. The van der Waals surface area contributed by atoms with Crippen molar-refractivity contribution in [2.24, 2.45) is 0 Å². The Hall–Kier alpha value is -0.300. The first-order chi connectivity index (χ1) is 4.84. The van der Waals surface area contributed by atoms with E-state index in [0.29, 0.717) is 0 Å². The average molecular weight is 139 g/mol. The van der Waals surface area contributed by atoms with Gasteiger partial charge in [-0.05, 0) is 26.3 Å². The van der Waals surface area contributed by atoms with Crippen LogP contribution in [0.5, 0.6) is 0 Å². The monoisotopic (exact) mass is 139 g/mol. The lowest BCUT2D eigenvalue weighted by molar-refractivity contribution is 0.239. The van der Waals surface area contributed by atoms with Crippen LogP contribution in [0.25, 0.3) is 0 Å². The van der Waals surface area contributed by atoms with Gasteiger partial charge >= 0.3 is 0 Å². The predicted molar refractivity (Wildman–Crippen MR) is 45.1 cm³/mol.